The van der Waals surface area contributed by atoms with E-state index in [0.29, 0.717) is 42.2 Å². The lowest BCUT2D eigenvalue weighted by atomic mass is 10.1. The zero-order valence-corrected chi connectivity index (χ0v) is 21.1. The number of rotatable bonds is 5. The van der Waals surface area contributed by atoms with Crippen LogP contribution in [0.2, 0.25) is 5.02 Å². The quantitative estimate of drug-likeness (QED) is 0.384. The number of para-hydroxylation sites is 1. The first-order valence-electron chi connectivity index (χ1n) is 12.7. The average Bonchev–Trinajstić information content (AvgIpc) is 3.06. The minimum absolute atomic E-state index is 0.0557. The third-order valence-corrected chi connectivity index (χ3v) is 7.47. The Bertz CT molecular complexity index is 1270. The van der Waals surface area contributed by atoms with Gasteiger partial charge in [-0.05, 0) is 37.1 Å². The van der Waals surface area contributed by atoms with Gasteiger partial charge in [-0.2, -0.15) is 0 Å². The summed E-state index contributed by atoms with van der Waals surface area (Å²) in [5.41, 5.74) is 2.16. The van der Waals surface area contributed by atoms with Crippen LogP contribution in [0.25, 0.3) is 10.9 Å². The van der Waals surface area contributed by atoms with Gasteiger partial charge in [0, 0.05) is 67.1 Å². The van der Waals surface area contributed by atoms with Gasteiger partial charge in [-0.15, -0.1) is 0 Å². The maximum absolute atomic E-state index is 13.4. The molecular formula is C28H31ClN4O3. The molecule has 3 heterocycles. The molecule has 2 aromatic carbocycles. The predicted molar refractivity (Wildman–Crippen MR) is 142 cm³/mol. The number of likely N-dealkylation sites (tertiary alicyclic amines) is 1. The van der Waals surface area contributed by atoms with Gasteiger partial charge in [0.15, 0.2) is 0 Å². The van der Waals surface area contributed by atoms with E-state index in [9.17, 15) is 14.4 Å². The van der Waals surface area contributed by atoms with Crippen molar-refractivity contribution in [3.05, 3.63) is 65.3 Å². The maximum atomic E-state index is 13.4. The number of carbonyl (C=O) groups excluding carboxylic acids is 3. The van der Waals surface area contributed by atoms with E-state index in [1.54, 1.807) is 11.1 Å². The van der Waals surface area contributed by atoms with Gasteiger partial charge in [0.1, 0.15) is 6.54 Å². The predicted octanol–water partition coefficient (Wildman–Crippen LogP) is 4.23. The minimum atomic E-state index is -0.525. The lowest BCUT2D eigenvalue weighted by molar-refractivity contribution is -0.131. The van der Waals surface area contributed by atoms with Crippen molar-refractivity contribution in [3.8, 4) is 0 Å². The van der Waals surface area contributed by atoms with E-state index in [4.69, 9.17) is 11.6 Å². The molecule has 1 aromatic heterocycles. The highest BCUT2D eigenvalue weighted by atomic mass is 35.5. The summed E-state index contributed by atoms with van der Waals surface area (Å²) in [5, 5.41) is 1.38. The molecule has 3 aromatic rings. The molecule has 0 aliphatic carbocycles. The molecule has 8 heteroatoms. The molecule has 0 bridgehead atoms. The summed E-state index contributed by atoms with van der Waals surface area (Å²) in [4.78, 5) is 45.3. The first kappa shape index (κ1) is 24.4. The molecule has 0 saturated carbocycles. The SMILES string of the molecule is O=C(C(=O)N1CCN(c2cccc(Cl)c2)CC1)c1cn(CC(=O)N2CCCCCC2)c2ccccc12. The van der Waals surface area contributed by atoms with Crippen LogP contribution in [0.1, 0.15) is 36.0 Å². The zero-order valence-electron chi connectivity index (χ0n) is 20.4. The van der Waals surface area contributed by atoms with Crippen LogP contribution >= 0.6 is 11.6 Å². The maximum Gasteiger partial charge on any atom is 0.295 e. The zero-order chi connectivity index (χ0) is 25.1. The molecular weight excluding hydrogens is 476 g/mol. The van der Waals surface area contributed by atoms with E-state index in [-0.39, 0.29) is 12.5 Å². The van der Waals surface area contributed by atoms with Gasteiger partial charge in [0.05, 0.1) is 5.56 Å². The van der Waals surface area contributed by atoms with E-state index in [0.717, 1.165) is 50.0 Å². The number of anilines is 1. The standard InChI is InChI=1S/C28H31ClN4O3/c29-21-8-7-9-22(18-21)30-14-16-32(17-15-30)28(36)27(35)24-19-33(25-11-4-3-10-23(24)25)20-26(34)31-12-5-1-2-6-13-31/h3-4,7-11,18-19H,1-2,5-6,12-17,20H2. The van der Waals surface area contributed by atoms with Gasteiger partial charge in [-0.1, -0.05) is 48.7 Å². The fourth-order valence-electron chi connectivity index (χ4n) is 5.22. The molecule has 0 radical (unpaired) electrons. The number of ketones is 1. The third-order valence-electron chi connectivity index (χ3n) is 7.23. The fraction of sp³-hybridized carbons (Fsp3) is 0.393. The van der Waals surface area contributed by atoms with Crippen molar-refractivity contribution in [2.45, 2.75) is 32.2 Å². The van der Waals surface area contributed by atoms with Gasteiger partial charge in [-0.25, -0.2) is 0 Å². The van der Waals surface area contributed by atoms with Gasteiger partial charge < -0.3 is 19.3 Å². The van der Waals surface area contributed by atoms with Crippen LogP contribution in [-0.4, -0.2) is 71.2 Å². The molecule has 188 valence electrons. The lowest BCUT2D eigenvalue weighted by Gasteiger charge is -2.35. The Balaban J connectivity index is 1.30. The molecule has 5 rings (SSSR count). The largest absolute Gasteiger partial charge is 0.368 e. The normalized spacial score (nSPS) is 16.8. The second-order valence-electron chi connectivity index (χ2n) is 9.57. The Kier molecular flexibility index (Phi) is 7.28. The molecule has 2 aliphatic heterocycles. The number of piperazine rings is 1. The number of hydrogen-bond acceptors (Lipinski definition) is 4. The molecule has 36 heavy (non-hydrogen) atoms. The highest BCUT2D eigenvalue weighted by molar-refractivity contribution is 6.45. The Morgan fingerprint density at radius 2 is 1.50 bits per heavy atom. The van der Waals surface area contributed by atoms with E-state index in [1.165, 1.54) is 0 Å². The Morgan fingerprint density at radius 1 is 0.778 bits per heavy atom. The topological polar surface area (TPSA) is 65.9 Å². The van der Waals surface area contributed by atoms with Crippen LogP contribution < -0.4 is 4.90 Å². The molecule has 2 saturated heterocycles. The summed E-state index contributed by atoms with van der Waals surface area (Å²) in [7, 11) is 0. The number of carbonyl (C=O) groups is 3. The molecule has 2 fully saturated rings. The second kappa shape index (κ2) is 10.7. The van der Waals surface area contributed by atoms with E-state index in [2.05, 4.69) is 4.90 Å². The van der Waals surface area contributed by atoms with Crippen LogP contribution in [0.3, 0.4) is 0 Å². The molecule has 0 unspecified atom stereocenters. The minimum Gasteiger partial charge on any atom is -0.368 e. The van der Waals surface area contributed by atoms with Crippen molar-refractivity contribution in [2.24, 2.45) is 0 Å². The summed E-state index contributed by atoms with van der Waals surface area (Å²) >= 11 is 6.12. The number of hydrogen-bond donors (Lipinski definition) is 0. The van der Waals surface area contributed by atoms with E-state index < -0.39 is 11.7 Å². The van der Waals surface area contributed by atoms with Crippen molar-refractivity contribution in [3.63, 3.8) is 0 Å². The Labute approximate surface area is 216 Å². The highest BCUT2D eigenvalue weighted by Crippen LogP contribution is 2.24. The van der Waals surface area contributed by atoms with Crippen LogP contribution in [0.4, 0.5) is 5.69 Å². The van der Waals surface area contributed by atoms with Gasteiger partial charge >= 0.3 is 0 Å². The van der Waals surface area contributed by atoms with E-state index in [1.807, 2.05) is 58.0 Å². The third kappa shape index (κ3) is 5.12. The number of aromatic nitrogens is 1. The van der Waals surface area contributed by atoms with Gasteiger partial charge in [0.25, 0.3) is 11.7 Å². The van der Waals surface area contributed by atoms with Crippen molar-refractivity contribution < 1.29 is 14.4 Å². The number of amides is 2. The van der Waals surface area contributed by atoms with E-state index >= 15 is 0 Å². The number of nitrogens with zero attached hydrogens (tertiary/aromatic N) is 4. The highest BCUT2D eigenvalue weighted by Gasteiger charge is 2.29. The summed E-state index contributed by atoms with van der Waals surface area (Å²) in [6.07, 6.45) is 6.06. The fourth-order valence-corrected chi connectivity index (χ4v) is 5.41. The molecule has 0 N–H and O–H groups in total. The lowest BCUT2D eigenvalue weighted by Crippen LogP contribution is -2.50. The van der Waals surface area contributed by atoms with Crippen molar-refractivity contribution in [2.75, 3.05) is 44.2 Å². The smallest absolute Gasteiger partial charge is 0.295 e. The number of benzene rings is 2. The summed E-state index contributed by atoms with van der Waals surface area (Å²) < 4.78 is 1.82. The number of Topliss-reactive ketones (excluding diaryl/α,β-unsaturated/α-hetero) is 1. The average molecular weight is 507 g/mol. The first-order chi connectivity index (χ1) is 17.5. The second-order valence-corrected chi connectivity index (χ2v) is 10.0. The van der Waals surface area contributed by atoms with Crippen LogP contribution in [0.5, 0.6) is 0 Å². The number of halogens is 1. The van der Waals surface area contributed by atoms with Crippen molar-refractivity contribution in [1.82, 2.24) is 14.4 Å². The molecule has 0 atom stereocenters. The molecule has 2 aliphatic rings. The molecule has 2 amide bonds. The van der Waals surface area contributed by atoms with Crippen molar-refractivity contribution in [1.29, 1.82) is 0 Å². The summed E-state index contributed by atoms with van der Waals surface area (Å²) in [5.74, 6) is -0.967. The summed E-state index contributed by atoms with van der Waals surface area (Å²) in [6.45, 7) is 3.91. The Morgan fingerprint density at radius 3 is 2.22 bits per heavy atom. The van der Waals surface area contributed by atoms with Crippen LogP contribution in [0, 0.1) is 0 Å². The Hall–Kier alpha value is -3.32. The van der Waals surface area contributed by atoms with Crippen LogP contribution in [0.15, 0.2) is 54.7 Å². The molecule has 0 spiro atoms. The number of fused-ring (bicyclic) bond motifs is 1. The van der Waals surface area contributed by atoms with Gasteiger partial charge in [0.2, 0.25) is 5.91 Å². The summed E-state index contributed by atoms with van der Waals surface area (Å²) in [6, 6.07) is 15.1. The van der Waals surface area contributed by atoms with Crippen LogP contribution in [-0.2, 0) is 16.1 Å². The van der Waals surface area contributed by atoms with Crippen molar-refractivity contribution >= 4 is 45.8 Å². The monoisotopic (exact) mass is 506 g/mol. The molecule has 7 nitrogen and oxygen atoms in total. The van der Waals surface area contributed by atoms with Gasteiger partial charge in [-0.3, -0.25) is 14.4 Å². The first-order valence-corrected chi connectivity index (χ1v) is 13.1.